The van der Waals surface area contributed by atoms with Crippen molar-refractivity contribution in [2.45, 2.75) is 26.9 Å². The molecule has 0 fully saturated rings. The largest absolute Gasteiger partial charge is 0.489 e. The molecule has 102 valence electrons. The topological polar surface area (TPSA) is 77.2 Å². The van der Waals surface area contributed by atoms with Crippen LogP contribution in [0.2, 0.25) is 0 Å². The molecule has 0 aliphatic heterocycles. The third-order valence-electron chi connectivity index (χ3n) is 3.19. The number of carbonyl (C=O) groups is 1. The molecule has 2 aromatic rings. The first kappa shape index (κ1) is 13.3. The molecule has 2 rings (SSSR count). The minimum Gasteiger partial charge on any atom is -0.489 e. The molecule has 2 aromatic heterocycles. The molecule has 2 heterocycles. The van der Waals surface area contributed by atoms with Gasteiger partial charge in [0.15, 0.2) is 5.65 Å². The van der Waals surface area contributed by atoms with Crippen LogP contribution < -0.4 is 4.74 Å². The lowest BCUT2D eigenvalue weighted by molar-refractivity contribution is 0.0687. The predicted molar refractivity (Wildman–Crippen MR) is 70.4 cm³/mol. The van der Waals surface area contributed by atoms with Crippen molar-refractivity contribution in [1.29, 1.82) is 0 Å². The molecule has 0 spiro atoms. The molecule has 1 atom stereocenters. The van der Waals surface area contributed by atoms with Crippen LogP contribution in [0.25, 0.3) is 11.0 Å². The van der Waals surface area contributed by atoms with Crippen molar-refractivity contribution in [3.8, 4) is 5.75 Å². The smallest absolute Gasteiger partial charge is 0.341 e. The number of aryl methyl sites for hydroxylation is 1. The van der Waals surface area contributed by atoms with Gasteiger partial charge in [-0.05, 0) is 12.8 Å². The van der Waals surface area contributed by atoms with E-state index in [0.29, 0.717) is 16.8 Å². The lowest BCUT2D eigenvalue weighted by atomic mass is 10.1. The van der Waals surface area contributed by atoms with Crippen molar-refractivity contribution < 1.29 is 14.6 Å². The Morgan fingerprint density at radius 3 is 2.63 bits per heavy atom. The summed E-state index contributed by atoms with van der Waals surface area (Å²) in [5, 5.41) is 13.9. The highest BCUT2D eigenvalue weighted by molar-refractivity contribution is 5.97. The Labute approximate surface area is 111 Å². The van der Waals surface area contributed by atoms with E-state index in [4.69, 9.17) is 4.74 Å². The maximum Gasteiger partial charge on any atom is 0.341 e. The SMILES string of the molecule is CC(C)C(C)Oc1c(C(=O)O)cnc2c1cnn2C. The number of pyridine rings is 1. The maximum absolute atomic E-state index is 11.3. The number of aromatic carboxylic acids is 1. The monoisotopic (exact) mass is 263 g/mol. The molecule has 0 saturated carbocycles. The van der Waals surface area contributed by atoms with Gasteiger partial charge in [0, 0.05) is 13.2 Å². The lowest BCUT2D eigenvalue weighted by Crippen LogP contribution is -2.20. The van der Waals surface area contributed by atoms with Crippen LogP contribution in [0.3, 0.4) is 0 Å². The second-order valence-corrected chi connectivity index (χ2v) is 4.88. The van der Waals surface area contributed by atoms with E-state index >= 15 is 0 Å². The number of ether oxygens (including phenoxy) is 1. The molecule has 6 nitrogen and oxygen atoms in total. The first-order chi connectivity index (χ1) is 8.91. The molecule has 0 aromatic carbocycles. The second-order valence-electron chi connectivity index (χ2n) is 4.88. The fraction of sp³-hybridized carbons (Fsp3) is 0.462. The fourth-order valence-corrected chi connectivity index (χ4v) is 1.68. The summed E-state index contributed by atoms with van der Waals surface area (Å²) in [6, 6.07) is 0. The lowest BCUT2D eigenvalue weighted by Gasteiger charge is -2.19. The third-order valence-corrected chi connectivity index (χ3v) is 3.19. The molecule has 1 N–H and O–H groups in total. The minimum atomic E-state index is -1.05. The van der Waals surface area contributed by atoms with Gasteiger partial charge in [-0.15, -0.1) is 0 Å². The summed E-state index contributed by atoms with van der Waals surface area (Å²) in [4.78, 5) is 15.4. The zero-order chi connectivity index (χ0) is 14.2. The van der Waals surface area contributed by atoms with E-state index in [-0.39, 0.29) is 17.6 Å². The minimum absolute atomic E-state index is 0.0630. The zero-order valence-electron chi connectivity index (χ0n) is 11.4. The summed E-state index contributed by atoms with van der Waals surface area (Å²) in [6.45, 7) is 5.96. The Morgan fingerprint density at radius 2 is 2.05 bits per heavy atom. The van der Waals surface area contributed by atoms with E-state index in [9.17, 15) is 9.90 Å². The van der Waals surface area contributed by atoms with E-state index in [0.717, 1.165) is 0 Å². The van der Waals surface area contributed by atoms with Gasteiger partial charge in [0.25, 0.3) is 0 Å². The second kappa shape index (κ2) is 4.87. The number of carboxylic acid groups (broad SMARTS) is 1. The summed E-state index contributed by atoms with van der Waals surface area (Å²) in [6.07, 6.45) is 2.80. The van der Waals surface area contributed by atoms with Gasteiger partial charge in [0.1, 0.15) is 11.3 Å². The standard InChI is InChI=1S/C13H17N3O3/c1-7(2)8(3)19-11-9-6-15-16(4)12(9)14-5-10(11)13(17)18/h5-8H,1-4H3,(H,17,18). The van der Waals surface area contributed by atoms with Crippen molar-refractivity contribution in [2.75, 3.05) is 0 Å². The molecule has 0 amide bonds. The van der Waals surface area contributed by atoms with Gasteiger partial charge >= 0.3 is 5.97 Å². The number of hydrogen-bond donors (Lipinski definition) is 1. The quantitative estimate of drug-likeness (QED) is 0.913. The van der Waals surface area contributed by atoms with Crippen molar-refractivity contribution in [3.05, 3.63) is 18.0 Å². The molecule has 0 bridgehead atoms. The number of hydrogen-bond acceptors (Lipinski definition) is 4. The van der Waals surface area contributed by atoms with E-state index in [1.165, 1.54) is 6.20 Å². The molecule has 1 unspecified atom stereocenters. The van der Waals surface area contributed by atoms with Crippen molar-refractivity contribution >= 4 is 17.0 Å². The van der Waals surface area contributed by atoms with Crippen molar-refractivity contribution in [1.82, 2.24) is 14.8 Å². The van der Waals surface area contributed by atoms with Crippen LogP contribution in [0, 0.1) is 5.92 Å². The predicted octanol–water partition coefficient (Wildman–Crippen LogP) is 2.09. The van der Waals surface area contributed by atoms with Gasteiger partial charge in [-0.1, -0.05) is 13.8 Å². The van der Waals surface area contributed by atoms with Gasteiger partial charge in [-0.25, -0.2) is 9.78 Å². The third kappa shape index (κ3) is 2.38. The number of rotatable bonds is 4. The van der Waals surface area contributed by atoms with E-state index in [1.54, 1.807) is 17.9 Å². The van der Waals surface area contributed by atoms with Gasteiger partial charge in [0.05, 0.1) is 17.7 Å². The van der Waals surface area contributed by atoms with E-state index in [1.807, 2.05) is 20.8 Å². The summed E-state index contributed by atoms with van der Waals surface area (Å²) in [7, 11) is 1.76. The molecule has 0 saturated heterocycles. The average molecular weight is 263 g/mol. The van der Waals surface area contributed by atoms with Crippen LogP contribution >= 0.6 is 0 Å². The molecule has 0 radical (unpaired) electrons. The summed E-state index contributed by atoms with van der Waals surface area (Å²) >= 11 is 0. The maximum atomic E-state index is 11.3. The molecule has 6 heteroatoms. The van der Waals surface area contributed by atoms with E-state index in [2.05, 4.69) is 10.1 Å². The summed E-state index contributed by atoms with van der Waals surface area (Å²) in [5.41, 5.74) is 0.670. The number of carboxylic acids is 1. The van der Waals surface area contributed by atoms with Crippen LogP contribution in [0.5, 0.6) is 5.75 Å². The summed E-state index contributed by atoms with van der Waals surface area (Å²) < 4.78 is 7.41. The van der Waals surface area contributed by atoms with Gasteiger partial charge in [-0.3, -0.25) is 4.68 Å². The molecular weight excluding hydrogens is 246 g/mol. The number of aromatic nitrogens is 3. The van der Waals surface area contributed by atoms with Crippen LogP contribution in [0.4, 0.5) is 0 Å². The Balaban J connectivity index is 2.59. The Bertz CT molecular complexity index is 619. The van der Waals surface area contributed by atoms with Crippen LogP contribution in [-0.4, -0.2) is 31.9 Å². The van der Waals surface area contributed by atoms with Crippen LogP contribution in [0.15, 0.2) is 12.4 Å². The average Bonchev–Trinajstić information content (AvgIpc) is 2.71. The highest BCUT2D eigenvalue weighted by atomic mass is 16.5. The molecule has 0 aliphatic carbocycles. The van der Waals surface area contributed by atoms with Gasteiger partial charge < -0.3 is 9.84 Å². The molecular formula is C13H17N3O3. The number of nitrogens with zero attached hydrogens (tertiary/aromatic N) is 3. The Kier molecular flexibility index (Phi) is 3.42. The fourth-order valence-electron chi connectivity index (χ4n) is 1.68. The Morgan fingerprint density at radius 1 is 1.37 bits per heavy atom. The Hall–Kier alpha value is -2.11. The molecule has 0 aliphatic rings. The normalized spacial score (nSPS) is 12.9. The van der Waals surface area contributed by atoms with E-state index < -0.39 is 5.97 Å². The molecule has 19 heavy (non-hydrogen) atoms. The van der Waals surface area contributed by atoms with Crippen molar-refractivity contribution in [3.63, 3.8) is 0 Å². The number of fused-ring (bicyclic) bond motifs is 1. The van der Waals surface area contributed by atoms with Crippen LogP contribution in [0.1, 0.15) is 31.1 Å². The van der Waals surface area contributed by atoms with Gasteiger partial charge in [-0.2, -0.15) is 5.10 Å². The van der Waals surface area contributed by atoms with Crippen LogP contribution in [-0.2, 0) is 7.05 Å². The van der Waals surface area contributed by atoms with Crippen molar-refractivity contribution in [2.24, 2.45) is 13.0 Å². The highest BCUT2D eigenvalue weighted by Gasteiger charge is 2.21. The first-order valence-corrected chi connectivity index (χ1v) is 6.12. The van der Waals surface area contributed by atoms with Gasteiger partial charge in [0.2, 0.25) is 0 Å². The first-order valence-electron chi connectivity index (χ1n) is 6.12. The highest BCUT2D eigenvalue weighted by Crippen LogP contribution is 2.29. The summed E-state index contributed by atoms with van der Waals surface area (Å²) in [5.74, 6) is -0.433. The zero-order valence-corrected chi connectivity index (χ0v) is 11.4.